The summed E-state index contributed by atoms with van der Waals surface area (Å²) in [6.45, 7) is 13.8. The molecule has 0 spiro atoms. The van der Waals surface area contributed by atoms with Gasteiger partial charge in [0.2, 0.25) is 0 Å². The Hall–Kier alpha value is -1.73. The van der Waals surface area contributed by atoms with Crippen LogP contribution in [0, 0.1) is 0 Å². The Morgan fingerprint density at radius 3 is 0.979 bits per heavy atom. The van der Waals surface area contributed by atoms with Gasteiger partial charge in [0.1, 0.15) is 0 Å². The van der Waals surface area contributed by atoms with Crippen LogP contribution >= 0.6 is 0 Å². The molecule has 0 saturated heterocycles. The van der Waals surface area contributed by atoms with E-state index in [0.29, 0.717) is 0 Å². The zero-order valence-electron chi connectivity index (χ0n) is 31.6. The minimum Gasteiger partial charge on any atom is -0.252 e. The van der Waals surface area contributed by atoms with Crippen molar-refractivity contribution in [1.29, 1.82) is 0 Å². The van der Waals surface area contributed by atoms with Gasteiger partial charge in [0.15, 0.2) is 0 Å². The molecule has 0 unspecified atom stereocenters. The molecule has 2 nitrogen and oxygen atoms in total. The van der Waals surface area contributed by atoms with E-state index in [0.717, 1.165) is 56.3 Å². The number of rotatable bonds is 27. The van der Waals surface area contributed by atoms with Crippen molar-refractivity contribution in [2.24, 2.45) is 9.98 Å². The summed E-state index contributed by atoms with van der Waals surface area (Å²) in [6, 6.07) is 14.5. The Balaban J connectivity index is 0.0000110. The first kappa shape index (κ1) is 43.3. The van der Waals surface area contributed by atoms with Gasteiger partial charge in [0, 0.05) is 16.5 Å². The topological polar surface area (TPSA) is 24.7 Å². The zero-order valence-corrected chi connectivity index (χ0v) is 32.6. The van der Waals surface area contributed by atoms with Crippen molar-refractivity contribution >= 4 is 22.8 Å². The molecule has 0 N–H and O–H groups in total. The van der Waals surface area contributed by atoms with Gasteiger partial charge in [-0.25, -0.2) is 0 Å². The fourth-order valence-corrected chi connectivity index (χ4v) is 6.41. The molecule has 0 bridgehead atoms. The molecule has 0 atom stereocenters. The second-order valence-electron chi connectivity index (χ2n) is 13.9. The summed E-state index contributed by atoms with van der Waals surface area (Å²) in [7, 11) is 0. The quantitative estimate of drug-likeness (QED) is 0.0507. The third-order valence-corrected chi connectivity index (χ3v) is 9.25. The molecular formula is C44H72N2Ni. The molecule has 0 amide bonds. The molecule has 0 aliphatic heterocycles. The second kappa shape index (κ2) is 28.1. The maximum Gasteiger partial charge on any atom is 0.0639 e. The van der Waals surface area contributed by atoms with Gasteiger partial charge in [0.25, 0.3) is 0 Å². The van der Waals surface area contributed by atoms with E-state index in [1.807, 2.05) is 0 Å². The molecule has 3 heteroatoms. The fourth-order valence-electron chi connectivity index (χ4n) is 6.41. The normalized spacial score (nSPS) is 12.0. The predicted octanol–water partition coefficient (Wildman–Crippen LogP) is 14.6. The Morgan fingerprint density at radius 2 is 0.660 bits per heavy atom. The molecule has 0 aromatic heterocycles. The summed E-state index contributed by atoms with van der Waals surface area (Å²) < 4.78 is 0. The number of unbranched alkanes of at least 4 members (excludes halogenated alkanes) is 12. The van der Waals surface area contributed by atoms with Crippen molar-refractivity contribution in [2.75, 3.05) is 0 Å². The maximum absolute atomic E-state index is 5.54. The fraction of sp³-hybridized carbons (Fsp3) is 0.682. The number of nitrogens with zero attached hydrogens (tertiary/aromatic N) is 2. The molecule has 2 rings (SSSR count). The minimum absolute atomic E-state index is 0. The molecule has 2 aromatic carbocycles. The van der Waals surface area contributed by atoms with Crippen LogP contribution < -0.4 is 0 Å². The van der Waals surface area contributed by atoms with Gasteiger partial charge >= 0.3 is 0 Å². The van der Waals surface area contributed by atoms with Crippen molar-refractivity contribution in [2.45, 2.75) is 196 Å². The van der Waals surface area contributed by atoms with Crippen LogP contribution in [0.3, 0.4) is 0 Å². The smallest absolute Gasteiger partial charge is 0.0639 e. The summed E-state index contributed by atoms with van der Waals surface area (Å²) in [5, 5.41) is 0. The summed E-state index contributed by atoms with van der Waals surface area (Å²) in [6.07, 6.45) is 29.3. The minimum atomic E-state index is 0. The molecule has 0 heterocycles. The van der Waals surface area contributed by atoms with Gasteiger partial charge in [-0.05, 0) is 124 Å². The van der Waals surface area contributed by atoms with Gasteiger partial charge in [-0.15, -0.1) is 0 Å². The molecule has 0 aliphatic rings. The van der Waals surface area contributed by atoms with Gasteiger partial charge in [-0.2, -0.15) is 0 Å². The van der Waals surface area contributed by atoms with E-state index >= 15 is 0 Å². The van der Waals surface area contributed by atoms with E-state index in [2.05, 4.69) is 77.9 Å². The first-order chi connectivity index (χ1) is 22.6. The van der Waals surface area contributed by atoms with Crippen LogP contribution in [0.4, 0.5) is 11.4 Å². The van der Waals surface area contributed by atoms with Crippen LogP contribution in [0.15, 0.2) is 46.4 Å². The van der Waals surface area contributed by atoms with E-state index in [9.17, 15) is 0 Å². The van der Waals surface area contributed by atoms with Crippen molar-refractivity contribution in [3.63, 3.8) is 0 Å². The third-order valence-electron chi connectivity index (χ3n) is 9.25. The van der Waals surface area contributed by atoms with Crippen LogP contribution in [-0.4, -0.2) is 11.4 Å². The average Bonchev–Trinajstić information content (AvgIpc) is 3.05. The van der Waals surface area contributed by atoms with Crippen LogP contribution in [0.5, 0.6) is 0 Å². The second-order valence-corrected chi connectivity index (χ2v) is 13.9. The predicted molar refractivity (Wildman–Crippen MR) is 208 cm³/mol. The van der Waals surface area contributed by atoms with Gasteiger partial charge in [-0.1, -0.05) is 131 Å². The molecule has 47 heavy (non-hydrogen) atoms. The Bertz CT molecular complexity index is 1080. The van der Waals surface area contributed by atoms with E-state index in [1.165, 1.54) is 143 Å². The number of aliphatic imine (C=N–C) groups is 2. The van der Waals surface area contributed by atoms with Gasteiger partial charge < -0.3 is 0 Å². The summed E-state index contributed by atoms with van der Waals surface area (Å²) in [5.41, 5.74) is 10.6. The number of hydrogen-bond acceptors (Lipinski definition) is 2. The number of hydrogen-bond donors (Lipinski definition) is 0. The van der Waals surface area contributed by atoms with Crippen molar-refractivity contribution in [3.8, 4) is 0 Å². The van der Waals surface area contributed by atoms with Crippen LogP contribution in [0.25, 0.3) is 0 Å². The molecule has 2 aromatic rings. The molecule has 0 radical (unpaired) electrons. The largest absolute Gasteiger partial charge is 0.252 e. The summed E-state index contributed by atoms with van der Waals surface area (Å²) in [4.78, 5) is 11.1. The molecule has 0 saturated carbocycles. The molecule has 268 valence electrons. The Labute approximate surface area is 302 Å². The van der Waals surface area contributed by atoms with Crippen LogP contribution in [-0.2, 0) is 42.2 Å². The number of aryl methyl sites for hydroxylation is 4. The van der Waals surface area contributed by atoms with Crippen LogP contribution in [0.1, 0.15) is 192 Å². The standard InChI is InChI=1S/C44H72N2.Ni/c1-7-13-19-24-30-44(46-42-35-39(27-22-16-10-4)32-40(36-42)28-23-17-11-5)43(29-18-12-6)45-41-33-37(25-20-14-8-2)31-38(34-41)26-21-15-9-3;/h31-36H,7-30H2,1-6H3;. The first-order valence-electron chi connectivity index (χ1n) is 20.0. The first-order valence-corrected chi connectivity index (χ1v) is 20.0. The van der Waals surface area contributed by atoms with E-state index < -0.39 is 0 Å². The Kier molecular flexibility index (Phi) is 25.9. The molecule has 0 fully saturated rings. The molecule has 0 aliphatic carbocycles. The Morgan fingerprint density at radius 1 is 0.362 bits per heavy atom. The average molecular weight is 688 g/mol. The summed E-state index contributed by atoms with van der Waals surface area (Å²) in [5.74, 6) is 0. The van der Waals surface area contributed by atoms with E-state index in [1.54, 1.807) is 0 Å². The monoisotopic (exact) mass is 687 g/mol. The van der Waals surface area contributed by atoms with E-state index in [4.69, 9.17) is 9.98 Å². The van der Waals surface area contributed by atoms with Crippen molar-refractivity contribution in [3.05, 3.63) is 58.7 Å². The third kappa shape index (κ3) is 19.2. The zero-order chi connectivity index (χ0) is 33.2. The van der Waals surface area contributed by atoms with E-state index in [-0.39, 0.29) is 16.5 Å². The number of benzene rings is 2. The van der Waals surface area contributed by atoms with Crippen molar-refractivity contribution < 1.29 is 16.5 Å². The van der Waals surface area contributed by atoms with Crippen molar-refractivity contribution in [1.82, 2.24) is 0 Å². The molecular weight excluding hydrogens is 615 g/mol. The maximum atomic E-state index is 5.54. The van der Waals surface area contributed by atoms with Gasteiger partial charge in [0.05, 0.1) is 22.8 Å². The summed E-state index contributed by atoms with van der Waals surface area (Å²) >= 11 is 0. The van der Waals surface area contributed by atoms with Crippen LogP contribution in [0.2, 0.25) is 0 Å². The SMILES string of the molecule is CCCCCCC(=Nc1cc(CCCCC)cc(CCCCC)c1)C(CCCC)=Nc1cc(CCCCC)cc(CCCCC)c1.[Ni]. The van der Waals surface area contributed by atoms with Gasteiger partial charge in [-0.3, -0.25) is 9.98 Å².